The molecule has 2 rings (SSSR count). The zero-order valence-corrected chi connectivity index (χ0v) is 8.49. The van der Waals surface area contributed by atoms with Crippen LogP contribution in [0.3, 0.4) is 0 Å². The van der Waals surface area contributed by atoms with Crippen LogP contribution in [0.1, 0.15) is 5.56 Å². The first-order chi connectivity index (χ1) is 7.22. The first-order valence-electron chi connectivity index (χ1n) is 4.69. The summed E-state index contributed by atoms with van der Waals surface area (Å²) in [5.41, 5.74) is 1.85. The zero-order chi connectivity index (χ0) is 10.8. The van der Waals surface area contributed by atoms with Gasteiger partial charge in [-0.25, -0.2) is 0 Å². The molecule has 1 aliphatic heterocycles. The number of nitrogens with zero attached hydrogens (tertiary/aromatic N) is 1. The second-order valence-corrected chi connectivity index (χ2v) is 3.44. The number of aryl methyl sites for hydroxylation is 1. The van der Waals surface area contributed by atoms with Gasteiger partial charge in [-0.1, -0.05) is 12.0 Å². The molecule has 0 N–H and O–H groups in total. The number of carbonyl (C=O) groups is 1. The molecule has 0 aliphatic carbocycles. The van der Waals surface area contributed by atoms with E-state index in [2.05, 4.69) is 5.92 Å². The molecule has 0 saturated heterocycles. The van der Waals surface area contributed by atoms with Crippen molar-refractivity contribution < 1.29 is 9.53 Å². The van der Waals surface area contributed by atoms with Crippen LogP contribution in [0.25, 0.3) is 0 Å². The SMILES string of the molecule is C#CCN1C(=O)COc2ccc(C)cc21. The lowest BCUT2D eigenvalue weighted by molar-refractivity contribution is -0.121. The number of amides is 1. The molecule has 76 valence electrons. The van der Waals surface area contributed by atoms with Gasteiger partial charge in [0.15, 0.2) is 6.61 Å². The van der Waals surface area contributed by atoms with E-state index in [0.717, 1.165) is 17.0 Å². The molecule has 0 aromatic heterocycles. The zero-order valence-electron chi connectivity index (χ0n) is 8.49. The molecule has 0 fully saturated rings. The maximum Gasteiger partial charge on any atom is 0.265 e. The Bertz CT molecular complexity index is 445. The molecular formula is C12H11NO2. The van der Waals surface area contributed by atoms with E-state index in [0.29, 0.717) is 6.54 Å². The van der Waals surface area contributed by atoms with Crippen LogP contribution >= 0.6 is 0 Å². The average molecular weight is 201 g/mol. The Morgan fingerprint density at radius 1 is 1.60 bits per heavy atom. The summed E-state index contributed by atoms with van der Waals surface area (Å²) < 4.78 is 5.31. The molecule has 0 atom stereocenters. The molecule has 15 heavy (non-hydrogen) atoms. The first-order valence-corrected chi connectivity index (χ1v) is 4.69. The second-order valence-electron chi connectivity index (χ2n) is 3.44. The molecule has 0 unspecified atom stereocenters. The van der Waals surface area contributed by atoms with Crippen molar-refractivity contribution in [1.82, 2.24) is 0 Å². The highest BCUT2D eigenvalue weighted by molar-refractivity contribution is 5.98. The Hall–Kier alpha value is -1.95. The second kappa shape index (κ2) is 3.66. The van der Waals surface area contributed by atoms with E-state index in [1.54, 1.807) is 4.90 Å². The molecule has 0 saturated carbocycles. The number of carbonyl (C=O) groups excluding carboxylic acids is 1. The van der Waals surface area contributed by atoms with E-state index in [-0.39, 0.29) is 12.5 Å². The van der Waals surface area contributed by atoms with Gasteiger partial charge in [-0.05, 0) is 24.6 Å². The number of terminal acetylenes is 1. The van der Waals surface area contributed by atoms with Crippen LogP contribution in [0, 0.1) is 19.3 Å². The molecule has 3 nitrogen and oxygen atoms in total. The number of anilines is 1. The fourth-order valence-corrected chi connectivity index (χ4v) is 1.58. The summed E-state index contributed by atoms with van der Waals surface area (Å²) in [5, 5.41) is 0. The molecule has 1 aromatic carbocycles. The van der Waals surface area contributed by atoms with E-state index >= 15 is 0 Å². The van der Waals surface area contributed by atoms with Crippen LogP contribution in [-0.4, -0.2) is 19.1 Å². The van der Waals surface area contributed by atoms with Crippen molar-refractivity contribution >= 4 is 11.6 Å². The van der Waals surface area contributed by atoms with Crippen LogP contribution in [0.5, 0.6) is 5.75 Å². The van der Waals surface area contributed by atoms with Crippen molar-refractivity contribution in [2.45, 2.75) is 6.92 Å². The van der Waals surface area contributed by atoms with E-state index < -0.39 is 0 Å². The van der Waals surface area contributed by atoms with Crippen molar-refractivity contribution in [3.8, 4) is 18.1 Å². The first kappa shape index (κ1) is 9.60. The Morgan fingerprint density at radius 3 is 3.13 bits per heavy atom. The van der Waals surface area contributed by atoms with Crippen molar-refractivity contribution in [3.63, 3.8) is 0 Å². The summed E-state index contributed by atoms with van der Waals surface area (Å²) >= 11 is 0. The third kappa shape index (κ3) is 1.66. The van der Waals surface area contributed by atoms with Gasteiger partial charge < -0.3 is 4.74 Å². The number of hydrogen-bond acceptors (Lipinski definition) is 2. The van der Waals surface area contributed by atoms with Crippen LogP contribution in [0.4, 0.5) is 5.69 Å². The Labute approximate surface area is 88.6 Å². The molecule has 0 radical (unpaired) electrons. The Kier molecular flexibility index (Phi) is 2.34. The molecule has 0 bridgehead atoms. The maximum absolute atomic E-state index is 11.6. The van der Waals surface area contributed by atoms with E-state index in [1.165, 1.54) is 0 Å². The average Bonchev–Trinajstić information content (AvgIpc) is 2.23. The quantitative estimate of drug-likeness (QED) is 0.642. The molecule has 1 aliphatic rings. The molecule has 0 spiro atoms. The van der Waals surface area contributed by atoms with Gasteiger partial charge in [-0.15, -0.1) is 6.42 Å². The van der Waals surface area contributed by atoms with E-state index in [4.69, 9.17) is 11.2 Å². The van der Waals surface area contributed by atoms with Gasteiger partial charge >= 0.3 is 0 Å². The minimum Gasteiger partial charge on any atom is -0.482 e. The molecule has 1 heterocycles. The van der Waals surface area contributed by atoms with Crippen molar-refractivity contribution in [3.05, 3.63) is 23.8 Å². The molecule has 1 amide bonds. The summed E-state index contributed by atoms with van der Waals surface area (Å²) in [6, 6.07) is 5.72. The number of rotatable bonds is 1. The Balaban J connectivity index is 2.46. The van der Waals surface area contributed by atoms with Crippen LogP contribution < -0.4 is 9.64 Å². The topological polar surface area (TPSA) is 29.5 Å². The number of hydrogen-bond donors (Lipinski definition) is 0. The predicted molar refractivity (Wildman–Crippen MR) is 57.9 cm³/mol. The lowest BCUT2D eigenvalue weighted by Gasteiger charge is -2.28. The van der Waals surface area contributed by atoms with Crippen molar-refractivity contribution in [2.24, 2.45) is 0 Å². The van der Waals surface area contributed by atoms with Gasteiger partial charge in [0.05, 0.1) is 12.2 Å². The van der Waals surface area contributed by atoms with Gasteiger partial charge in [-0.2, -0.15) is 0 Å². The van der Waals surface area contributed by atoms with Gasteiger partial charge in [0, 0.05) is 0 Å². The highest BCUT2D eigenvalue weighted by atomic mass is 16.5. The number of benzene rings is 1. The Morgan fingerprint density at radius 2 is 2.40 bits per heavy atom. The minimum atomic E-state index is -0.0916. The van der Waals surface area contributed by atoms with Crippen molar-refractivity contribution in [2.75, 3.05) is 18.1 Å². The molecule has 1 aromatic rings. The number of fused-ring (bicyclic) bond motifs is 1. The van der Waals surface area contributed by atoms with Crippen molar-refractivity contribution in [1.29, 1.82) is 0 Å². The predicted octanol–water partition coefficient (Wildman–Crippen LogP) is 1.35. The third-order valence-electron chi connectivity index (χ3n) is 2.31. The summed E-state index contributed by atoms with van der Waals surface area (Å²) in [6.45, 7) is 2.32. The highest BCUT2D eigenvalue weighted by Gasteiger charge is 2.24. The smallest absolute Gasteiger partial charge is 0.265 e. The normalized spacial score (nSPS) is 14.1. The van der Waals surface area contributed by atoms with Gasteiger partial charge in [0.1, 0.15) is 5.75 Å². The van der Waals surface area contributed by atoms with E-state index in [9.17, 15) is 4.79 Å². The third-order valence-corrected chi connectivity index (χ3v) is 2.31. The molecular weight excluding hydrogens is 190 g/mol. The lowest BCUT2D eigenvalue weighted by atomic mass is 10.1. The summed E-state index contributed by atoms with van der Waals surface area (Å²) in [4.78, 5) is 13.1. The van der Waals surface area contributed by atoms with Crippen LogP contribution in [0.2, 0.25) is 0 Å². The monoisotopic (exact) mass is 201 g/mol. The fourth-order valence-electron chi connectivity index (χ4n) is 1.58. The van der Waals surface area contributed by atoms with E-state index in [1.807, 2.05) is 25.1 Å². The molecule has 3 heteroatoms. The maximum atomic E-state index is 11.6. The highest BCUT2D eigenvalue weighted by Crippen LogP contribution is 2.32. The lowest BCUT2D eigenvalue weighted by Crippen LogP contribution is -2.39. The minimum absolute atomic E-state index is 0.0672. The summed E-state index contributed by atoms with van der Waals surface area (Å²) in [7, 11) is 0. The van der Waals surface area contributed by atoms with Gasteiger partial charge in [-0.3, -0.25) is 9.69 Å². The largest absolute Gasteiger partial charge is 0.482 e. The van der Waals surface area contributed by atoms with Crippen LogP contribution in [0.15, 0.2) is 18.2 Å². The summed E-state index contributed by atoms with van der Waals surface area (Å²) in [5.74, 6) is 3.10. The van der Waals surface area contributed by atoms with Gasteiger partial charge in [0.25, 0.3) is 5.91 Å². The standard InChI is InChI=1S/C12H11NO2/c1-3-6-13-10-7-9(2)4-5-11(10)15-8-12(13)14/h1,4-5,7H,6,8H2,2H3. The number of ether oxygens (including phenoxy) is 1. The fraction of sp³-hybridized carbons (Fsp3) is 0.250. The van der Waals surface area contributed by atoms with Gasteiger partial charge in [0.2, 0.25) is 0 Å². The summed E-state index contributed by atoms with van der Waals surface area (Å²) in [6.07, 6.45) is 5.23. The van der Waals surface area contributed by atoms with Crippen LogP contribution in [-0.2, 0) is 4.79 Å².